The van der Waals surface area contributed by atoms with Gasteiger partial charge in [0, 0.05) is 41.8 Å². The molecular formula is C21H22ClF2N3O. The summed E-state index contributed by atoms with van der Waals surface area (Å²) in [5.41, 5.74) is 2.54. The summed E-state index contributed by atoms with van der Waals surface area (Å²) in [6.45, 7) is 2.72. The Hall–Kier alpha value is -1.79. The number of fused-ring (bicyclic) bond motifs is 3. The second-order valence-corrected chi connectivity index (χ2v) is 8.59. The maximum Gasteiger partial charge on any atom is 0.248 e. The predicted molar refractivity (Wildman–Crippen MR) is 105 cm³/mol. The van der Waals surface area contributed by atoms with Gasteiger partial charge >= 0.3 is 0 Å². The van der Waals surface area contributed by atoms with Crippen LogP contribution >= 0.6 is 11.6 Å². The summed E-state index contributed by atoms with van der Waals surface area (Å²) in [5, 5.41) is 1.55. The standard InChI is InChI=1S/C21H22ClF2N3O/c1-12-8-15(5-7-28-12)27-19-16-9-14(22)2-3-17(16)25-11-18(19)26-20(27)13-4-6-21(23,24)10-13/h2-3,9,11-13,15H,4-8,10H2,1H3/t12-,13?,15?/m1/s1. The van der Waals surface area contributed by atoms with E-state index in [0.717, 1.165) is 40.6 Å². The molecule has 0 radical (unpaired) electrons. The van der Waals surface area contributed by atoms with Gasteiger partial charge < -0.3 is 9.30 Å². The van der Waals surface area contributed by atoms with Gasteiger partial charge in [0.25, 0.3) is 0 Å². The first kappa shape index (κ1) is 18.3. The second kappa shape index (κ2) is 6.63. The summed E-state index contributed by atoms with van der Waals surface area (Å²) in [4.78, 5) is 9.34. The molecular weight excluding hydrogens is 384 g/mol. The van der Waals surface area contributed by atoms with E-state index < -0.39 is 5.92 Å². The predicted octanol–water partition coefficient (Wildman–Crippen LogP) is 5.88. The minimum atomic E-state index is -2.61. The van der Waals surface area contributed by atoms with Crippen LogP contribution in [-0.4, -0.2) is 33.2 Å². The Morgan fingerprint density at radius 1 is 1.25 bits per heavy atom. The van der Waals surface area contributed by atoms with Gasteiger partial charge in [0.2, 0.25) is 5.92 Å². The molecule has 148 valence electrons. The highest BCUT2D eigenvalue weighted by atomic mass is 35.5. The summed E-state index contributed by atoms with van der Waals surface area (Å²) < 4.78 is 35.9. The van der Waals surface area contributed by atoms with E-state index in [0.29, 0.717) is 18.1 Å². The zero-order valence-electron chi connectivity index (χ0n) is 15.7. The summed E-state index contributed by atoms with van der Waals surface area (Å²) in [7, 11) is 0. The monoisotopic (exact) mass is 405 g/mol. The molecule has 28 heavy (non-hydrogen) atoms. The van der Waals surface area contributed by atoms with Crippen LogP contribution in [0.5, 0.6) is 0 Å². The summed E-state index contributed by atoms with van der Waals surface area (Å²) in [6.07, 6.45) is 3.81. The number of ether oxygens (including phenoxy) is 1. The number of halogens is 3. The number of imidazole rings is 1. The molecule has 2 fully saturated rings. The molecule has 2 aliphatic rings. The first-order chi connectivity index (χ1) is 13.4. The van der Waals surface area contributed by atoms with Crippen molar-refractivity contribution in [1.29, 1.82) is 0 Å². The zero-order chi connectivity index (χ0) is 19.5. The molecule has 0 N–H and O–H groups in total. The molecule has 0 spiro atoms. The van der Waals surface area contributed by atoms with Crippen LogP contribution in [0.25, 0.3) is 21.9 Å². The summed E-state index contributed by atoms with van der Waals surface area (Å²) >= 11 is 6.28. The SMILES string of the molecule is C[C@@H]1CC(n2c(C3CCC(F)(F)C3)nc3cnc4ccc(Cl)cc4c32)CCO1. The Bertz CT molecular complexity index is 1050. The van der Waals surface area contributed by atoms with Crippen LogP contribution < -0.4 is 0 Å². The smallest absolute Gasteiger partial charge is 0.248 e. The van der Waals surface area contributed by atoms with E-state index in [-0.39, 0.29) is 30.9 Å². The highest BCUT2D eigenvalue weighted by molar-refractivity contribution is 6.31. The number of alkyl halides is 2. The largest absolute Gasteiger partial charge is 0.378 e. The van der Waals surface area contributed by atoms with E-state index >= 15 is 0 Å². The lowest BCUT2D eigenvalue weighted by atomic mass is 10.0. The van der Waals surface area contributed by atoms with Crippen LogP contribution in [0, 0.1) is 0 Å². The zero-order valence-corrected chi connectivity index (χ0v) is 16.4. The van der Waals surface area contributed by atoms with E-state index in [9.17, 15) is 8.78 Å². The first-order valence-corrected chi connectivity index (χ1v) is 10.2. The maximum absolute atomic E-state index is 14.0. The fourth-order valence-electron chi connectivity index (χ4n) is 4.80. The minimum absolute atomic E-state index is 0.0735. The van der Waals surface area contributed by atoms with Crippen LogP contribution in [0.4, 0.5) is 8.78 Å². The summed E-state index contributed by atoms with van der Waals surface area (Å²) in [6, 6.07) is 5.78. The number of hydrogen-bond acceptors (Lipinski definition) is 3. The Balaban J connectivity index is 1.75. The van der Waals surface area contributed by atoms with E-state index in [2.05, 4.69) is 16.5 Å². The number of hydrogen-bond donors (Lipinski definition) is 0. The fourth-order valence-corrected chi connectivity index (χ4v) is 4.98. The summed E-state index contributed by atoms with van der Waals surface area (Å²) in [5.74, 6) is -2.09. The third-order valence-electron chi connectivity index (χ3n) is 6.10. The van der Waals surface area contributed by atoms with Crippen LogP contribution in [0.15, 0.2) is 24.4 Å². The van der Waals surface area contributed by atoms with Crippen molar-refractivity contribution < 1.29 is 13.5 Å². The van der Waals surface area contributed by atoms with Gasteiger partial charge in [-0.3, -0.25) is 4.98 Å². The maximum atomic E-state index is 14.0. The van der Waals surface area contributed by atoms with Gasteiger partial charge in [-0.2, -0.15) is 0 Å². The minimum Gasteiger partial charge on any atom is -0.378 e. The first-order valence-electron chi connectivity index (χ1n) is 9.87. The molecule has 3 heterocycles. The number of nitrogens with zero attached hydrogens (tertiary/aromatic N) is 3. The van der Waals surface area contributed by atoms with E-state index in [1.165, 1.54) is 0 Å². The average molecular weight is 406 g/mol. The normalized spacial score (nSPS) is 27.6. The molecule has 2 aromatic heterocycles. The van der Waals surface area contributed by atoms with Gasteiger partial charge in [-0.15, -0.1) is 0 Å². The highest BCUT2D eigenvalue weighted by Crippen LogP contribution is 2.46. The third kappa shape index (κ3) is 3.07. The molecule has 3 aromatic rings. The quantitative estimate of drug-likeness (QED) is 0.534. The molecule has 2 unspecified atom stereocenters. The Morgan fingerprint density at radius 3 is 2.86 bits per heavy atom. The molecule has 0 bridgehead atoms. The van der Waals surface area contributed by atoms with E-state index in [1.807, 2.05) is 18.2 Å². The van der Waals surface area contributed by atoms with Gasteiger partial charge in [0.1, 0.15) is 11.3 Å². The molecule has 1 saturated carbocycles. The van der Waals surface area contributed by atoms with Crippen molar-refractivity contribution in [3.63, 3.8) is 0 Å². The topological polar surface area (TPSA) is 39.9 Å². The Morgan fingerprint density at radius 2 is 2.11 bits per heavy atom. The molecule has 7 heteroatoms. The number of benzene rings is 1. The number of aromatic nitrogens is 3. The van der Waals surface area contributed by atoms with Crippen molar-refractivity contribution in [3.05, 3.63) is 35.2 Å². The van der Waals surface area contributed by atoms with Crippen LogP contribution in [0.2, 0.25) is 5.02 Å². The highest BCUT2D eigenvalue weighted by Gasteiger charge is 2.42. The van der Waals surface area contributed by atoms with Crippen LogP contribution in [0.1, 0.15) is 56.8 Å². The van der Waals surface area contributed by atoms with Gasteiger partial charge in [-0.25, -0.2) is 13.8 Å². The fraction of sp³-hybridized carbons (Fsp3) is 0.524. The van der Waals surface area contributed by atoms with Crippen molar-refractivity contribution in [2.24, 2.45) is 0 Å². The average Bonchev–Trinajstić information content (AvgIpc) is 3.21. The lowest BCUT2D eigenvalue weighted by Gasteiger charge is -2.31. The number of pyridine rings is 1. The van der Waals surface area contributed by atoms with Crippen molar-refractivity contribution in [1.82, 2.24) is 14.5 Å². The second-order valence-electron chi connectivity index (χ2n) is 8.15. The Kier molecular flexibility index (Phi) is 4.32. The van der Waals surface area contributed by atoms with Crippen molar-refractivity contribution in [3.8, 4) is 0 Å². The lowest BCUT2D eigenvalue weighted by Crippen LogP contribution is -2.27. The van der Waals surface area contributed by atoms with Gasteiger partial charge in [0.15, 0.2) is 0 Å². The van der Waals surface area contributed by atoms with Crippen LogP contribution in [-0.2, 0) is 4.74 Å². The lowest BCUT2D eigenvalue weighted by molar-refractivity contribution is 0.00334. The van der Waals surface area contributed by atoms with E-state index in [4.69, 9.17) is 21.3 Å². The molecule has 1 aromatic carbocycles. The molecule has 1 aliphatic carbocycles. The van der Waals surface area contributed by atoms with Gasteiger partial charge in [-0.05, 0) is 44.4 Å². The third-order valence-corrected chi connectivity index (χ3v) is 6.33. The van der Waals surface area contributed by atoms with Crippen LogP contribution in [0.3, 0.4) is 0 Å². The van der Waals surface area contributed by atoms with E-state index in [1.54, 1.807) is 6.20 Å². The molecule has 3 atom stereocenters. The van der Waals surface area contributed by atoms with Gasteiger partial charge in [-0.1, -0.05) is 11.6 Å². The molecule has 1 saturated heterocycles. The molecule has 5 rings (SSSR count). The van der Waals surface area contributed by atoms with Crippen molar-refractivity contribution in [2.45, 2.75) is 63.0 Å². The molecule has 1 aliphatic heterocycles. The number of rotatable bonds is 2. The molecule has 0 amide bonds. The molecule has 4 nitrogen and oxygen atoms in total. The Labute approximate surface area is 166 Å². The van der Waals surface area contributed by atoms with Gasteiger partial charge in [0.05, 0.1) is 23.3 Å². The van der Waals surface area contributed by atoms with Crippen molar-refractivity contribution in [2.75, 3.05) is 6.61 Å². The van der Waals surface area contributed by atoms with Crippen molar-refractivity contribution >= 4 is 33.5 Å².